The van der Waals surface area contributed by atoms with Gasteiger partial charge >= 0.3 is 0 Å². The van der Waals surface area contributed by atoms with E-state index in [4.69, 9.17) is 9.47 Å². The van der Waals surface area contributed by atoms with Gasteiger partial charge in [-0.25, -0.2) is 0 Å². The van der Waals surface area contributed by atoms with Gasteiger partial charge in [0.15, 0.2) is 0 Å². The van der Waals surface area contributed by atoms with Gasteiger partial charge in [-0.2, -0.15) is 0 Å². The predicted molar refractivity (Wildman–Crippen MR) is 75.0 cm³/mol. The molecule has 3 nitrogen and oxygen atoms in total. The lowest BCUT2D eigenvalue weighted by Crippen LogP contribution is -2.61. The van der Waals surface area contributed by atoms with Crippen LogP contribution in [0.25, 0.3) is 0 Å². The van der Waals surface area contributed by atoms with Gasteiger partial charge in [-0.15, -0.1) is 0 Å². The molecule has 1 N–H and O–H groups in total. The number of hydrogen-bond donors (Lipinski definition) is 1. The first-order valence-corrected chi connectivity index (χ1v) is 7.07. The first-order chi connectivity index (χ1) is 9.13. The van der Waals surface area contributed by atoms with Crippen LogP contribution in [0.5, 0.6) is 0 Å². The minimum Gasteiger partial charge on any atom is -0.381 e. The molecule has 1 saturated carbocycles. The summed E-state index contributed by atoms with van der Waals surface area (Å²) >= 11 is 0. The lowest BCUT2D eigenvalue weighted by atomic mass is 9.64. The molecule has 1 aliphatic carbocycles. The summed E-state index contributed by atoms with van der Waals surface area (Å²) in [5.41, 5.74) is 2.90. The molecule has 3 unspecified atom stereocenters. The molecule has 1 aliphatic heterocycles. The van der Waals surface area contributed by atoms with Crippen molar-refractivity contribution in [1.29, 1.82) is 0 Å². The fraction of sp³-hybridized carbons (Fsp3) is 0.625. The maximum atomic E-state index is 5.71. The molecule has 0 spiro atoms. The Hall–Kier alpha value is -0.900. The second-order valence-electron chi connectivity index (χ2n) is 6.27. The van der Waals surface area contributed by atoms with Gasteiger partial charge in [0.2, 0.25) is 0 Å². The summed E-state index contributed by atoms with van der Waals surface area (Å²) in [6.07, 6.45) is 1.45. The summed E-state index contributed by atoms with van der Waals surface area (Å²) in [5.74, 6) is 0. The largest absolute Gasteiger partial charge is 0.381 e. The van der Waals surface area contributed by atoms with Crippen molar-refractivity contribution in [3.05, 3.63) is 35.4 Å². The molecular formula is C16H23NO2. The van der Waals surface area contributed by atoms with Crippen LogP contribution in [0.4, 0.5) is 0 Å². The van der Waals surface area contributed by atoms with Gasteiger partial charge < -0.3 is 14.8 Å². The smallest absolute Gasteiger partial charge is 0.0721 e. The third-order valence-electron chi connectivity index (χ3n) is 4.84. The van der Waals surface area contributed by atoms with E-state index < -0.39 is 0 Å². The quantitative estimate of drug-likeness (QED) is 0.907. The lowest BCUT2D eigenvalue weighted by molar-refractivity contribution is -0.103. The third kappa shape index (κ3) is 2.20. The van der Waals surface area contributed by atoms with Crippen molar-refractivity contribution in [3.8, 4) is 0 Å². The van der Waals surface area contributed by atoms with Gasteiger partial charge in [-0.05, 0) is 17.5 Å². The average molecular weight is 261 g/mol. The van der Waals surface area contributed by atoms with Crippen molar-refractivity contribution >= 4 is 0 Å². The van der Waals surface area contributed by atoms with Crippen LogP contribution in [0.1, 0.15) is 37.4 Å². The number of methoxy groups -OCH3 is 1. The van der Waals surface area contributed by atoms with E-state index in [1.165, 1.54) is 11.1 Å². The molecule has 1 aromatic carbocycles. The van der Waals surface area contributed by atoms with E-state index in [2.05, 4.69) is 43.4 Å². The van der Waals surface area contributed by atoms with Crippen LogP contribution >= 0.6 is 0 Å². The molecule has 19 heavy (non-hydrogen) atoms. The first-order valence-electron chi connectivity index (χ1n) is 7.07. The summed E-state index contributed by atoms with van der Waals surface area (Å²) in [6, 6.07) is 9.38. The van der Waals surface area contributed by atoms with Crippen molar-refractivity contribution in [1.82, 2.24) is 5.32 Å². The van der Waals surface area contributed by atoms with Crippen LogP contribution in [0.2, 0.25) is 0 Å². The molecule has 0 radical (unpaired) electrons. The summed E-state index contributed by atoms with van der Waals surface area (Å²) in [6.45, 7) is 6.06. The molecular weight excluding hydrogens is 238 g/mol. The Morgan fingerprint density at radius 2 is 2.11 bits per heavy atom. The van der Waals surface area contributed by atoms with Crippen LogP contribution in [0, 0.1) is 5.41 Å². The normalized spacial score (nSPS) is 32.5. The Balaban J connectivity index is 1.72. The zero-order valence-electron chi connectivity index (χ0n) is 12.0. The molecule has 1 aromatic rings. The number of ether oxygens (including phenoxy) is 2. The second-order valence-corrected chi connectivity index (χ2v) is 6.27. The molecule has 3 atom stereocenters. The molecule has 0 saturated heterocycles. The number of hydrogen-bond acceptors (Lipinski definition) is 3. The number of nitrogens with one attached hydrogen (secondary N) is 1. The Morgan fingerprint density at radius 1 is 1.32 bits per heavy atom. The molecule has 3 heteroatoms. The highest BCUT2D eigenvalue weighted by Gasteiger charge is 2.49. The second kappa shape index (κ2) is 4.89. The maximum Gasteiger partial charge on any atom is 0.0721 e. The Kier molecular flexibility index (Phi) is 3.37. The topological polar surface area (TPSA) is 30.5 Å². The van der Waals surface area contributed by atoms with Crippen molar-refractivity contribution in [3.63, 3.8) is 0 Å². The maximum absolute atomic E-state index is 5.71. The molecule has 2 aliphatic rings. The van der Waals surface area contributed by atoms with Crippen molar-refractivity contribution in [2.24, 2.45) is 5.41 Å². The average Bonchev–Trinajstić information content (AvgIpc) is 2.43. The van der Waals surface area contributed by atoms with Crippen LogP contribution in [-0.4, -0.2) is 25.9 Å². The van der Waals surface area contributed by atoms with Crippen molar-refractivity contribution in [2.45, 2.75) is 45.1 Å². The monoisotopic (exact) mass is 261 g/mol. The van der Waals surface area contributed by atoms with Crippen molar-refractivity contribution < 1.29 is 9.47 Å². The standard InChI is InChI=1S/C16H23NO2/c1-16(2)14(8-15(16)18-3)17-13-10-19-9-11-6-4-5-7-12(11)13/h4-7,13-15,17H,8-10H2,1-3H3. The Bertz CT molecular complexity index is 458. The van der Waals surface area contributed by atoms with Crippen LogP contribution in [0.15, 0.2) is 24.3 Å². The summed E-state index contributed by atoms with van der Waals surface area (Å²) in [5, 5.41) is 3.76. The minimum atomic E-state index is 0.196. The molecule has 3 rings (SSSR count). The number of rotatable bonds is 3. The van der Waals surface area contributed by atoms with E-state index in [1.54, 1.807) is 0 Å². The van der Waals surface area contributed by atoms with Crippen LogP contribution in [0.3, 0.4) is 0 Å². The Labute approximate surface area is 115 Å². The van der Waals surface area contributed by atoms with Gasteiger partial charge in [0.05, 0.1) is 25.4 Å². The zero-order chi connectivity index (χ0) is 13.5. The van der Waals surface area contributed by atoms with Crippen molar-refractivity contribution in [2.75, 3.05) is 13.7 Å². The highest BCUT2D eigenvalue weighted by Crippen LogP contribution is 2.43. The SMILES string of the molecule is COC1CC(NC2COCc3ccccc32)C1(C)C. The summed E-state index contributed by atoms with van der Waals surface area (Å²) in [7, 11) is 1.81. The van der Waals surface area contributed by atoms with Crippen LogP contribution < -0.4 is 5.32 Å². The van der Waals surface area contributed by atoms with Gasteiger partial charge in [-0.3, -0.25) is 0 Å². The highest BCUT2D eigenvalue weighted by atomic mass is 16.5. The van der Waals surface area contributed by atoms with E-state index in [0.29, 0.717) is 18.2 Å². The molecule has 1 heterocycles. The first kappa shape index (κ1) is 13.1. The molecule has 0 amide bonds. The highest BCUT2D eigenvalue weighted by molar-refractivity contribution is 5.31. The van der Waals surface area contributed by atoms with Gasteiger partial charge in [0.25, 0.3) is 0 Å². The summed E-state index contributed by atoms with van der Waals surface area (Å²) < 4.78 is 11.2. The fourth-order valence-corrected chi connectivity index (χ4v) is 3.33. The van der Waals surface area contributed by atoms with Gasteiger partial charge in [0, 0.05) is 18.6 Å². The van der Waals surface area contributed by atoms with E-state index >= 15 is 0 Å². The molecule has 1 fully saturated rings. The minimum absolute atomic E-state index is 0.196. The fourth-order valence-electron chi connectivity index (χ4n) is 3.33. The molecule has 0 aromatic heterocycles. The predicted octanol–water partition coefficient (Wildman–Crippen LogP) is 2.66. The van der Waals surface area contributed by atoms with Gasteiger partial charge in [0.1, 0.15) is 0 Å². The number of benzene rings is 1. The molecule has 0 bridgehead atoms. The van der Waals surface area contributed by atoms with E-state index in [9.17, 15) is 0 Å². The Morgan fingerprint density at radius 3 is 2.84 bits per heavy atom. The lowest BCUT2D eigenvalue weighted by Gasteiger charge is -2.52. The van der Waals surface area contributed by atoms with E-state index in [1.807, 2.05) is 7.11 Å². The van der Waals surface area contributed by atoms with E-state index in [0.717, 1.165) is 19.6 Å². The van der Waals surface area contributed by atoms with Crippen LogP contribution in [-0.2, 0) is 16.1 Å². The van der Waals surface area contributed by atoms with Gasteiger partial charge in [-0.1, -0.05) is 38.1 Å². The zero-order valence-corrected chi connectivity index (χ0v) is 12.0. The molecule has 104 valence electrons. The number of fused-ring (bicyclic) bond motifs is 1. The third-order valence-corrected chi connectivity index (χ3v) is 4.84. The van der Waals surface area contributed by atoms with E-state index in [-0.39, 0.29) is 5.41 Å². The summed E-state index contributed by atoms with van der Waals surface area (Å²) in [4.78, 5) is 0.